The van der Waals surface area contributed by atoms with Gasteiger partial charge in [-0.15, -0.1) is 0 Å². The van der Waals surface area contributed by atoms with Crippen molar-refractivity contribution in [3.63, 3.8) is 0 Å². The zero-order chi connectivity index (χ0) is 19.9. The molecule has 0 amide bonds. The Balaban J connectivity index is 1.56. The lowest BCUT2D eigenvalue weighted by molar-refractivity contribution is 0.0526. The van der Waals surface area contributed by atoms with Crippen LogP contribution in [0.5, 0.6) is 0 Å². The topological polar surface area (TPSA) is 68.2 Å². The maximum absolute atomic E-state index is 11.7. The molecule has 3 rings (SSSR count). The van der Waals surface area contributed by atoms with E-state index in [2.05, 4.69) is 15.7 Å². The number of benzene rings is 2. The van der Waals surface area contributed by atoms with E-state index in [1.54, 1.807) is 42.1 Å². The van der Waals surface area contributed by atoms with Gasteiger partial charge in [-0.25, -0.2) is 4.79 Å². The number of ether oxygens (including phenoxy) is 1. The second kappa shape index (κ2) is 9.34. The number of carbonyl (C=O) groups is 1. The number of nitrogens with zero attached hydrogens (tertiary/aromatic N) is 2. The van der Waals surface area contributed by atoms with Crippen molar-refractivity contribution >= 4 is 46.3 Å². The van der Waals surface area contributed by atoms with Crippen LogP contribution in [-0.2, 0) is 11.3 Å². The van der Waals surface area contributed by atoms with Crippen molar-refractivity contribution in [2.45, 2.75) is 13.5 Å². The molecule has 0 aliphatic carbocycles. The van der Waals surface area contributed by atoms with Crippen molar-refractivity contribution < 1.29 is 9.53 Å². The molecule has 0 atom stereocenters. The molecular weight excluding hydrogens is 396 g/mol. The number of carbonyl (C=O) groups excluding carboxylic acids is 1. The number of rotatable bonds is 6. The number of esters is 1. The fourth-order valence-corrected chi connectivity index (χ4v) is 2.94. The minimum absolute atomic E-state index is 0.344. The predicted octanol–water partition coefficient (Wildman–Crippen LogP) is 4.57. The molecule has 144 valence electrons. The van der Waals surface area contributed by atoms with E-state index in [1.807, 2.05) is 30.5 Å². The van der Waals surface area contributed by atoms with Crippen LogP contribution in [0, 0.1) is 0 Å². The summed E-state index contributed by atoms with van der Waals surface area (Å²) < 4.78 is 6.74. The molecule has 28 heavy (non-hydrogen) atoms. The summed E-state index contributed by atoms with van der Waals surface area (Å²) >= 11 is 11.5. The fourth-order valence-electron chi connectivity index (χ4n) is 2.51. The third-order valence-corrected chi connectivity index (χ3v) is 4.41. The van der Waals surface area contributed by atoms with E-state index in [9.17, 15) is 4.79 Å². The summed E-state index contributed by atoms with van der Waals surface area (Å²) in [7, 11) is 0. The van der Waals surface area contributed by atoms with Crippen LogP contribution in [0.15, 0.2) is 60.9 Å². The van der Waals surface area contributed by atoms with Crippen LogP contribution in [0.2, 0.25) is 5.02 Å². The molecule has 0 spiro atoms. The van der Waals surface area contributed by atoms with Crippen LogP contribution in [0.25, 0.3) is 0 Å². The molecule has 1 aromatic heterocycles. The van der Waals surface area contributed by atoms with Crippen molar-refractivity contribution in [3.05, 3.63) is 77.1 Å². The summed E-state index contributed by atoms with van der Waals surface area (Å²) in [6, 6.07) is 14.5. The SMILES string of the molecule is CCOC(=O)c1ccc(NC(=S)Nc2cnn(Cc3ccccc3Cl)c2)cc1. The smallest absolute Gasteiger partial charge is 0.338 e. The van der Waals surface area contributed by atoms with E-state index in [1.165, 1.54) is 0 Å². The highest BCUT2D eigenvalue weighted by Gasteiger charge is 2.07. The summed E-state index contributed by atoms with van der Waals surface area (Å²) in [5.74, 6) is -0.347. The van der Waals surface area contributed by atoms with Crippen molar-refractivity contribution in [3.8, 4) is 0 Å². The standard InChI is InChI=1S/C20H19ClN4O2S/c1-2-27-19(26)14-7-9-16(10-8-14)23-20(28)24-17-11-22-25(13-17)12-15-5-3-4-6-18(15)21/h3-11,13H,2,12H2,1H3,(H2,23,24,28). The maximum Gasteiger partial charge on any atom is 0.338 e. The molecule has 1 heterocycles. The lowest BCUT2D eigenvalue weighted by Gasteiger charge is -2.09. The highest BCUT2D eigenvalue weighted by molar-refractivity contribution is 7.80. The summed E-state index contributed by atoms with van der Waals surface area (Å²) in [6.07, 6.45) is 3.54. The second-order valence-electron chi connectivity index (χ2n) is 5.89. The third kappa shape index (κ3) is 5.31. The molecular formula is C20H19ClN4O2S. The Morgan fingerprint density at radius 1 is 1.14 bits per heavy atom. The average Bonchev–Trinajstić information content (AvgIpc) is 3.11. The normalized spacial score (nSPS) is 10.4. The van der Waals surface area contributed by atoms with Gasteiger partial charge in [0.2, 0.25) is 0 Å². The molecule has 0 fully saturated rings. The monoisotopic (exact) mass is 414 g/mol. The van der Waals surface area contributed by atoms with Gasteiger partial charge in [0, 0.05) is 16.9 Å². The Morgan fingerprint density at radius 3 is 2.57 bits per heavy atom. The quantitative estimate of drug-likeness (QED) is 0.455. The van der Waals surface area contributed by atoms with Crippen molar-refractivity contribution in [2.75, 3.05) is 17.2 Å². The Kier molecular flexibility index (Phi) is 6.62. The Hall–Kier alpha value is -2.90. The number of thiocarbonyl (C=S) groups is 1. The van der Waals surface area contributed by atoms with Gasteiger partial charge in [-0.3, -0.25) is 4.68 Å². The highest BCUT2D eigenvalue weighted by Crippen LogP contribution is 2.17. The molecule has 0 saturated carbocycles. The van der Waals surface area contributed by atoms with E-state index in [4.69, 9.17) is 28.6 Å². The van der Waals surface area contributed by atoms with Gasteiger partial charge in [-0.05, 0) is 55.0 Å². The van der Waals surface area contributed by atoms with Crippen molar-refractivity contribution in [1.29, 1.82) is 0 Å². The summed E-state index contributed by atoms with van der Waals surface area (Å²) in [5.41, 5.74) is 3.00. The molecule has 3 aromatic rings. The first kappa shape index (κ1) is 19.9. The summed E-state index contributed by atoms with van der Waals surface area (Å²) in [5, 5.41) is 11.6. The Labute approximate surface area is 173 Å². The molecule has 0 aliphatic rings. The average molecular weight is 415 g/mol. The fraction of sp³-hybridized carbons (Fsp3) is 0.150. The second-order valence-corrected chi connectivity index (χ2v) is 6.71. The molecule has 0 saturated heterocycles. The first-order valence-electron chi connectivity index (χ1n) is 8.66. The van der Waals surface area contributed by atoms with Crippen LogP contribution in [0.4, 0.5) is 11.4 Å². The first-order chi connectivity index (χ1) is 13.5. The first-order valence-corrected chi connectivity index (χ1v) is 9.45. The summed E-state index contributed by atoms with van der Waals surface area (Å²) in [6.45, 7) is 2.68. The minimum atomic E-state index is -0.347. The molecule has 8 heteroatoms. The van der Waals surface area contributed by atoms with Crippen LogP contribution in [0.1, 0.15) is 22.8 Å². The largest absolute Gasteiger partial charge is 0.462 e. The zero-order valence-corrected chi connectivity index (χ0v) is 16.8. The van der Waals surface area contributed by atoms with Gasteiger partial charge >= 0.3 is 5.97 Å². The minimum Gasteiger partial charge on any atom is -0.462 e. The van der Waals surface area contributed by atoms with E-state index in [-0.39, 0.29) is 5.97 Å². The number of hydrogen-bond donors (Lipinski definition) is 2. The Morgan fingerprint density at radius 2 is 1.86 bits per heavy atom. The van der Waals surface area contributed by atoms with Gasteiger partial charge < -0.3 is 15.4 Å². The molecule has 6 nitrogen and oxygen atoms in total. The van der Waals surface area contributed by atoms with E-state index < -0.39 is 0 Å². The van der Waals surface area contributed by atoms with Crippen LogP contribution >= 0.6 is 23.8 Å². The molecule has 0 unspecified atom stereocenters. The lowest BCUT2D eigenvalue weighted by Crippen LogP contribution is -2.18. The molecule has 0 bridgehead atoms. The lowest BCUT2D eigenvalue weighted by atomic mass is 10.2. The molecule has 0 aliphatic heterocycles. The number of hydrogen-bond acceptors (Lipinski definition) is 4. The third-order valence-electron chi connectivity index (χ3n) is 3.84. The van der Waals surface area contributed by atoms with E-state index in [0.29, 0.717) is 28.9 Å². The van der Waals surface area contributed by atoms with Gasteiger partial charge in [0.15, 0.2) is 5.11 Å². The molecule has 2 N–H and O–H groups in total. The molecule has 0 radical (unpaired) electrons. The van der Waals surface area contributed by atoms with Gasteiger partial charge in [-0.1, -0.05) is 29.8 Å². The Bertz CT molecular complexity index is 972. The maximum atomic E-state index is 11.7. The molecule has 2 aromatic carbocycles. The number of nitrogens with one attached hydrogen (secondary N) is 2. The predicted molar refractivity (Wildman–Crippen MR) is 115 cm³/mol. The van der Waals surface area contributed by atoms with Gasteiger partial charge in [0.25, 0.3) is 0 Å². The van der Waals surface area contributed by atoms with Crippen LogP contribution in [-0.4, -0.2) is 27.5 Å². The van der Waals surface area contributed by atoms with Crippen LogP contribution in [0.3, 0.4) is 0 Å². The highest BCUT2D eigenvalue weighted by atomic mass is 35.5. The van der Waals surface area contributed by atoms with Crippen LogP contribution < -0.4 is 10.6 Å². The zero-order valence-electron chi connectivity index (χ0n) is 15.2. The number of anilines is 2. The van der Waals surface area contributed by atoms with Gasteiger partial charge in [0.1, 0.15) is 0 Å². The number of aromatic nitrogens is 2. The summed E-state index contributed by atoms with van der Waals surface area (Å²) in [4.78, 5) is 11.7. The van der Waals surface area contributed by atoms with Crippen molar-refractivity contribution in [2.24, 2.45) is 0 Å². The van der Waals surface area contributed by atoms with Gasteiger partial charge in [0.05, 0.1) is 30.6 Å². The van der Waals surface area contributed by atoms with E-state index in [0.717, 1.165) is 16.9 Å². The van der Waals surface area contributed by atoms with Crippen molar-refractivity contribution in [1.82, 2.24) is 9.78 Å². The van der Waals surface area contributed by atoms with Gasteiger partial charge in [-0.2, -0.15) is 5.10 Å². The number of halogens is 1. The van der Waals surface area contributed by atoms with E-state index >= 15 is 0 Å².